The number of pyridine rings is 1. The van der Waals surface area contributed by atoms with E-state index in [-0.39, 0.29) is 0 Å². The molecule has 0 saturated carbocycles. The maximum absolute atomic E-state index is 12.2. The highest BCUT2D eigenvalue weighted by Gasteiger charge is 2.26. The molecule has 2 aromatic carbocycles. The van der Waals surface area contributed by atoms with E-state index in [9.17, 15) is 4.79 Å². The molecular formula is C27H28N4OS. The van der Waals surface area contributed by atoms with E-state index in [2.05, 4.69) is 58.7 Å². The normalized spacial score (nSPS) is 16.1. The van der Waals surface area contributed by atoms with Gasteiger partial charge in [-0.25, -0.2) is 4.98 Å². The van der Waals surface area contributed by atoms with Crippen LogP contribution in [0.4, 0.5) is 5.82 Å². The molecule has 0 radical (unpaired) electrons. The monoisotopic (exact) mass is 456 g/mol. The average molecular weight is 457 g/mol. The third kappa shape index (κ3) is 4.63. The largest absolute Gasteiger partial charge is 0.366 e. The Morgan fingerprint density at radius 3 is 2.58 bits per heavy atom. The van der Waals surface area contributed by atoms with Crippen LogP contribution in [0.3, 0.4) is 0 Å². The number of rotatable bonds is 7. The van der Waals surface area contributed by atoms with Gasteiger partial charge in [0.2, 0.25) is 0 Å². The molecule has 168 valence electrons. The van der Waals surface area contributed by atoms with Gasteiger partial charge in [0.1, 0.15) is 5.82 Å². The molecule has 3 N–H and O–H groups in total. The van der Waals surface area contributed by atoms with E-state index in [0.29, 0.717) is 11.6 Å². The second-order valence-corrected chi connectivity index (χ2v) is 9.56. The van der Waals surface area contributed by atoms with Gasteiger partial charge in [0, 0.05) is 35.6 Å². The van der Waals surface area contributed by atoms with Crippen molar-refractivity contribution in [1.29, 1.82) is 0 Å². The number of amides is 1. The van der Waals surface area contributed by atoms with Gasteiger partial charge in [0.15, 0.2) is 0 Å². The van der Waals surface area contributed by atoms with E-state index in [0.717, 1.165) is 65.2 Å². The molecule has 1 amide bonds. The highest BCUT2D eigenvalue weighted by atomic mass is 32.1. The number of primary amides is 1. The first-order valence-corrected chi connectivity index (χ1v) is 12.3. The van der Waals surface area contributed by atoms with Crippen molar-refractivity contribution in [3.05, 3.63) is 84.1 Å². The van der Waals surface area contributed by atoms with Gasteiger partial charge in [-0.05, 0) is 43.0 Å². The predicted molar refractivity (Wildman–Crippen MR) is 137 cm³/mol. The number of fused-ring (bicyclic) bond motifs is 1. The highest BCUT2D eigenvalue weighted by Crippen LogP contribution is 2.40. The minimum absolute atomic E-state index is 0.359. The van der Waals surface area contributed by atoms with E-state index < -0.39 is 5.91 Å². The maximum atomic E-state index is 12.2. The maximum Gasteiger partial charge on any atom is 0.251 e. The first-order valence-electron chi connectivity index (χ1n) is 11.5. The molecule has 1 aliphatic heterocycles. The smallest absolute Gasteiger partial charge is 0.251 e. The minimum Gasteiger partial charge on any atom is -0.366 e. The van der Waals surface area contributed by atoms with E-state index in [1.54, 1.807) is 17.5 Å². The molecule has 3 heterocycles. The zero-order valence-electron chi connectivity index (χ0n) is 18.5. The summed E-state index contributed by atoms with van der Waals surface area (Å²) in [5, 5.41) is 4.56. The molecule has 6 heteroatoms. The number of hydrogen-bond donors (Lipinski definition) is 2. The van der Waals surface area contributed by atoms with Crippen molar-refractivity contribution in [2.45, 2.75) is 25.3 Å². The van der Waals surface area contributed by atoms with Crippen LogP contribution in [0, 0.1) is 0 Å². The Bertz CT molecular complexity index is 1230. The van der Waals surface area contributed by atoms with Crippen molar-refractivity contribution >= 4 is 33.1 Å². The van der Waals surface area contributed by atoms with Gasteiger partial charge in [0.05, 0.1) is 10.3 Å². The lowest BCUT2D eigenvalue weighted by Gasteiger charge is -2.36. The molecular weight excluding hydrogens is 428 g/mol. The molecule has 4 aromatic rings. The number of aromatic nitrogens is 1. The quantitative estimate of drug-likeness (QED) is 0.416. The molecule has 1 fully saturated rings. The lowest BCUT2D eigenvalue weighted by molar-refractivity contribution is 0.100. The molecule has 5 nitrogen and oxygen atoms in total. The Morgan fingerprint density at radius 2 is 1.88 bits per heavy atom. The lowest BCUT2D eigenvalue weighted by atomic mass is 10.0. The number of anilines is 1. The number of nitrogens with two attached hydrogens (primary N) is 1. The van der Waals surface area contributed by atoms with E-state index in [4.69, 9.17) is 10.7 Å². The van der Waals surface area contributed by atoms with Crippen LogP contribution in [0.15, 0.2) is 72.9 Å². The summed E-state index contributed by atoms with van der Waals surface area (Å²) in [5.74, 6) is 0.508. The molecule has 0 spiro atoms. The number of benzene rings is 2. The molecule has 0 unspecified atom stereocenters. The minimum atomic E-state index is -0.435. The summed E-state index contributed by atoms with van der Waals surface area (Å²) in [7, 11) is 0. The number of piperidine rings is 1. The van der Waals surface area contributed by atoms with Crippen molar-refractivity contribution in [3.8, 4) is 10.4 Å². The third-order valence-electron chi connectivity index (χ3n) is 6.33. The first-order chi connectivity index (χ1) is 16.2. The number of nitrogens with zero attached hydrogens (tertiary/aromatic N) is 2. The Morgan fingerprint density at radius 1 is 1.12 bits per heavy atom. The van der Waals surface area contributed by atoms with Crippen LogP contribution < -0.4 is 16.0 Å². The zero-order valence-corrected chi connectivity index (χ0v) is 19.4. The molecule has 1 saturated heterocycles. The SMILES string of the molecule is NC(=O)c1cnc(N(CCc2ccccc2)[C@H]2CCCNC2)c2cc(-c3ccccc3)sc12. The first kappa shape index (κ1) is 21.6. The van der Waals surface area contributed by atoms with Gasteiger partial charge >= 0.3 is 0 Å². The Kier molecular flexibility index (Phi) is 6.37. The van der Waals surface area contributed by atoms with Crippen molar-refractivity contribution in [1.82, 2.24) is 10.3 Å². The van der Waals surface area contributed by atoms with Gasteiger partial charge in [-0.1, -0.05) is 60.7 Å². The van der Waals surface area contributed by atoms with Crippen LogP contribution in [-0.2, 0) is 6.42 Å². The third-order valence-corrected chi connectivity index (χ3v) is 7.54. The van der Waals surface area contributed by atoms with Crippen LogP contribution in [0.25, 0.3) is 20.5 Å². The van der Waals surface area contributed by atoms with Crippen molar-refractivity contribution < 1.29 is 4.79 Å². The van der Waals surface area contributed by atoms with Gasteiger partial charge in [-0.15, -0.1) is 11.3 Å². The summed E-state index contributed by atoms with van der Waals surface area (Å²) in [6, 6.07) is 23.4. The van der Waals surface area contributed by atoms with Crippen LogP contribution in [0.2, 0.25) is 0 Å². The summed E-state index contributed by atoms with van der Waals surface area (Å²) in [4.78, 5) is 20.6. The Labute approximate surface area is 198 Å². The lowest BCUT2D eigenvalue weighted by Crippen LogP contribution is -2.47. The second kappa shape index (κ2) is 9.73. The summed E-state index contributed by atoms with van der Waals surface area (Å²) >= 11 is 1.61. The number of carbonyl (C=O) groups excluding carboxylic acids is 1. The number of nitrogens with one attached hydrogen (secondary N) is 1. The topological polar surface area (TPSA) is 71.2 Å². The number of carbonyl (C=O) groups is 1. The molecule has 1 atom stereocenters. The summed E-state index contributed by atoms with van der Waals surface area (Å²) in [6.45, 7) is 2.86. The highest BCUT2D eigenvalue weighted by molar-refractivity contribution is 7.22. The Hall–Kier alpha value is -3.22. The number of thiophene rings is 1. The summed E-state index contributed by atoms with van der Waals surface area (Å²) in [5.41, 5.74) is 8.67. The second-order valence-electron chi connectivity index (χ2n) is 8.51. The van der Waals surface area contributed by atoms with Crippen molar-refractivity contribution in [3.63, 3.8) is 0 Å². The molecule has 1 aliphatic rings. The van der Waals surface area contributed by atoms with Crippen LogP contribution in [0.1, 0.15) is 28.8 Å². The molecule has 33 heavy (non-hydrogen) atoms. The van der Waals surface area contributed by atoms with E-state index in [1.807, 2.05) is 18.2 Å². The van der Waals surface area contributed by atoms with E-state index >= 15 is 0 Å². The van der Waals surface area contributed by atoms with Crippen LogP contribution >= 0.6 is 11.3 Å². The molecule has 2 aromatic heterocycles. The van der Waals surface area contributed by atoms with E-state index in [1.165, 1.54) is 5.56 Å². The average Bonchev–Trinajstić information content (AvgIpc) is 3.31. The standard InChI is InChI=1S/C27H28N4OS/c28-26(32)23-18-30-27(22-16-24(33-25(22)23)20-10-5-2-6-11-20)31(21-12-7-14-29-17-21)15-13-19-8-3-1-4-9-19/h1-6,8-11,16,18,21,29H,7,12-15,17H2,(H2,28,32)/t21-/m0/s1. The van der Waals surface area contributed by atoms with Crippen LogP contribution in [-0.4, -0.2) is 36.6 Å². The fourth-order valence-electron chi connectivity index (χ4n) is 4.62. The van der Waals surface area contributed by atoms with Crippen molar-refractivity contribution in [2.24, 2.45) is 5.73 Å². The molecule has 0 bridgehead atoms. The summed E-state index contributed by atoms with van der Waals surface area (Å²) < 4.78 is 0.917. The van der Waals surface area contributed by atoms with Gasteiger partial charge in [-0.3, -0.25) is 4.79 Å². The summed E-state index contributed by atoms with van der Waals surface area (Å²) in [6.07, 6.45) is 4.87. The van der Waals surface area contributed by atoms with Crippen LogP contribution in [0.5, 0.6) is 0 Å². The van der Waals surface area contributed by atoms with Gasteiger partial charge in [-0.2, -0.15) is 0 Å². The Balaban J connectivity index is 1.59. The predicted octanol–water partition coefficient (Wildman–Crippen LogP) is 4.86. The zero-order chi connectivity index (χ0) is 22.6. The van der Waals surface area contributed by atoms with Gasteiger partial charge in [0.25, 0.3) is 5.91 Å². The van der Waals surface area contributed by atoms with Gasteiger partial charge < -0.3 is 16.0 Å². The van der Waals surface area contributed by atoms with Crippen molar-refractivity contribution in [2.75, 3.05) is 24.5 Å². The fraction of sp³-hybridized carbons (Fsp3) is 0.259. The molecule has 5 rings (SSSR count). The number of hydrogen-bond acceptors (Lipinski definition) is 5. The fourth-order valence-corrected chi connectivity index (χ4v) is 5.79. The molecule has 0 aliphatic carbocycles.